The molecule has 0 spiro atoms. The standard InChI is InChI=1S/C30H33N7O/c1-5-6-10-23-20-37(26-13-8-7-12-25(26)30(2,3)4)29(38)36(23)19-21-14-16-22(17-15-21)27-24(11-9-18-31-27)28-32-34-35-33-28/h7-9,11-18,20H,5-6,10,19H2,1-4H3,(H,32,33,34,35). The average molecular weight is 508 g/mol. The van der Waals surface area contributed by atoms with Gasteiger partial charge in [0, 0.05) is 29.2 Å². The monoisotopic (exact) mass is 507 g/mol. The van der Waals surface area contributed by atoms with E-state index in [9.17, 15) is 4.79 Å². The first-order valence-corrected chi connectivity index (χ1v) is 13.1. The van der Waals surface area contributed by atoms with Crippen LogP contribution in [0.2, 0.25) is 0 Å². The van der Waals surface area contributed by atoms with Gasteiger partial charge in [-0.1, -0.05) is 76.6 Å². The van der Waals surface area contributed by atoms with Crippen LogP contribution >= 0.6 is 0 Å². The first-order valence-electron chi connectivity index (χ1n) is 13.1. The minimum Gasteiger partial charge on any atom is -0.292 e. The molecular formula is C30H33N7O. The Balaban J connectivity index is 1.50. The molecule has 0 saturated heterocycles. The van der Waals surface area contributed by atoms with Crippen molar-refractivity contribution in [3.05, 3.63) is 100 Å². The number of unbranched alkanes of at least 4 members (excludes halogenated alkanes) is 1. The van der Waals surface area contributed by atoms with E-state index in [4.69, 9.17) is 0 Å². The van der Waals surface area contributed by atoms with Crippen molar-refractivity contribution in [2.45, 2.75) is 58.9 Å². The Morgan fingerprint density at radius 1 is 0.974 bits per heavy atom. The van der Waals surface area contributed by atoms with Gasteiger partial charge in [-0.15, -0.1) is 5.10 Å². The van der Waals surface area contributed by atoms with Crippen LogP contribution in [0.3, 0.4) is 0 Å². The fourth-order valence-electron chi connectivity index (χ4n) is 4.79. The highest BCUT2D eigenvalue weighted by molar-refractivity contribution is 5.76. The molecular weight excluding hydrogens is 474 g/mol. The van der Waals surface area contributed by atoms with Crippen molar-refractivity contribution < 1.29 is 0 Å². The van der Waals surface area contributed by atoms with Crippen molar-refractivity contribution in [3.8, 4) is 28.3 Å². The number of aromatic amines is 1. The molecule has 0 aliphatic rings. The highest BCUT2D eigenvalue weighted by Crippen LogP contribution is 2.29. The summed E-state index contributed by atoms with van der Waals surface area (Å²) in [4.78, 5) is 18.4. The lowest BCUT2D eigenvalue weighted by Gasteiger charge is -2.22. The fourth-order valence-corrected chi connectivity index (χ4v) is 4.79. The molecule has 0 aliphatic carbocycles. The Morgan fingerprint density at radius 3 is 2.47 bits per heavy atom. The Hall–Kier alpha value is -4.33. The Morgan fingerprint density at radius 2 is 1.76 bits per heavy atom. The topological polar surface area (TPSA) is 94.3 Å². The number of aromatic nitrogens is 7. The molecule has 0 atom stereocenters. The third-order valence-corrected chi connectivity index (χ3v) is 6.80. The molecule has 0 unspecified atom stereocenters. The van der Waals surface area contributed by atoms with E-state index in [1.54, 1.807) is 6.20 Å². The minimum atomic E-state index is -0.0797. The number of H-pyrrole nitrogens is 1. The fraction of sp³-hybridized carbons (Fsp3) is 0.300. The van der Waals surface area contributed by atoms with Crippen LogP contribution in [0.4, 0.5) is 0 Å². The first kappa shape index (κ1) is 25.3. The smallest absolute Gasteiger partial charge is 0.292 e. The average Bonchev–Trinajstić information content (AvgIpc) is 3.56. The van der Waals surface area contributed by atoms with Crippen LogP contribution in [0.5, 0.6) is 0 Å². The maximum absolute atomic E-state index is 13.8. The van der Waals surface area contributed by atoms with E-state index in [0.29, 0.717) is 12.4 Å². The van der Waals surface area contributed by atoms with E-state index in [-0.39, 0.29) is 11.1 Å². The second-order valence-corrected chi connectivity index (χ2v) is 10.6. The number of aryl methyl sites for hydroxylation is 1. The number of imidazole rings is 1. The lowest BCUT2D eigenvalue weighted by molar-refractivity contribution is 0.584. The molecule has 0 aliphatic heterocycles. The molecule has 5 aromatic rings. The van der Waals surface area contributed by atoms with Crippen LogP contribution in [0.15, 0.2) is 77.9 Å². The number of rotatable bonds is 8. The minimum absolute atomic E-state index is 0.0123. The number of pyridine rings is 1. The van der Waals surface area contributed by atoms with Gasteiger partial charge in [0.15, 0.2) is 5.82 Å². The third-order valence-electron chi connectivity index (χ3n) is 6.80. The van der Waals surface area contributed by atoms with E-state index in [2.05, 4.69) is 71.5 Å². The SMILES string of the molecule is CCCCc1cn(-c2ccccc2C(C)(C)C)c(=O)n1Cc1ccc(-c2ncccc2-c2nnn[nH]2)cc1. The zero-order chi connectivity index (χ0) is 26.7. The first-order chi connectivity index (χ1) is 18.4. The lowest BCUT2D eigenvalue weighted by atomic mass is 9.86. The summed E-state index contributed by atoms with van der Waals surface area (Å²) >= 11 is 0. The molecule has 5 rings (SSSR count). The summed E-state index contributed by atoms with van der Waals surface area (Å²) in [6.45, 7) is 9.22. The molecule has 8 heteroatoms. The van der Waals surface area contributed by atoms with Crippen molar-refractivity contribution in [1.29, 1.82) is 0 Å². The summed E-state index contributed by atoms with van der Waals surface area (Å²) in [7, 11) is 0. The van der Waals surface area contributed by atoms with Crippen LogP contribution in [-0.4, -0.2) is 34.7 Å². The number of nitrogens with one attached hydrogen (secondary N) is 1. The second kappa shape index (κ2) is 10.6. The van der Waals surface area contributed by atoms with E-state index >= 15 is 0 Å². The van der Waals surface area contributed by atoms with E-state index in [1.165, 1.54) is 0 Å². The largest absolute Gasteiger partial charge is 0.333 e. The Kier molecular flexibility index (Phi) is 7.05. The summed E-state index contributed by atoms with van der Waals surface area (Å²) in [5.74, 6) is 0.571. The summed E-state index contributed by atoms with van der Waals surface area (Å²) in [5.41, 5.74) is 6.69. The highest BCUT2D eigenvalue weighted by Gasteiger charge is 2.21. The maximum Gasteiger partial charge on any atom is 0.333 e. The van der Waals surface area contributed by atoms with Gasteiger partial charge in [0.1, 0.15) is 0 Å². The van der Waals surface area contributed by atoms with Gasteiger partial charge in [-0.2, -0.15) is 0 Å². The van der Waals surface area contributed by atoms with E-state index in [1.807, 2.05) is 57.8 Å². The lowest BCUT2D eigenvalue weighted by Crippen LogP contribution is -2.26. The normalized spacial score (nSPS) is 11.7. The zero-order valence-electron chi connectivity index (χ0n) is 22.3. The molecule has 3 heterocycles. The van der Waals surface area contributed by atoms with Crippen LogP contribution in [0.25, 0.3) is 28.3 Å². The summed E-state index contributed by atoms with van der Waals surface area (Å²) in [5, 5.41) is 14.2. The molecule has 3 aromatic heterocycles. The molecule has 8 nitrogen and oxygen atoms in total. The van der Waals surface area contributed by atoms with E-state index in [0.717, 1.165) is 58.6 Å². The summed E-state index contributed by atoms with van der Waals surface area (Å²) in [6.07, 6.45) is 6.75. The van der Waals surface area contributed by atoms with Gasteiger partial charge in [0.05, 0.1) is 17.9 Å². The predicted molar refractivity (Wildman–Crippen MR) is 149 cm³/mol. The van der Waals surface area contributed by atoms with E-state index < -0.39 is 0 Å². The molecule has 0 fully saturated rings. The number of hydrogen-bond acceptors (Lipinski definition) is 5. The van der Waals surface area contributed by atoms with Gasteiger partial charge in [-0.3, -0.25) is 14.1 Å². The van der Waals surface area contributed by atoms with Crippen molar-refractivity contribution in [3.63, 3.8) is 0 Å². The van der Waals surface area contributed by atoms with Crippen molar-refractivity contribution >= 4 is 0 Å². The molecule has 2 aromatic carbocycles. The molecule has 0 amide bonds. The number of benzene rings is 2. The van der Waals surface area contributed by atoms with Crippen molar-refractivity contribution in [2.24, 2.45) is 0 Å². The second-order valence-electron chi connectivity index (χ2n) is 10.6. The number of hydrogen-bond donors (Lipinski definition) is 1. The van der Waals surface area contributed by atoms with Crippen molar-refractivity contribution in [1.82, 2.24) is 34.7 Å². The van der Waals surface area contributed by atoms with Gasteiger partial charge < -0.3 is 0 Å². The molecule has 0 saturated carbocycles. The van der Waals surface area contributed by atoms with Gasteiger partial charge in [0.25, 0.3) is 0 Å². The van der Waals surface area contributed by atoms with Gasteiger partial charge >= 0.3 is 5.69 Å². The molecule has 38 heavy (non-hydrogen) atoms. The van der Waals surface area contributed by atoms with Crippen LogP contribution in [0, 0.1) is 0 Å². The zero-order valence-corrected chi connectivity index (χ0v) is 22.3. The van der Waals surface area contributed by atoms with Gasteiger partial charge in [-0.25, -0.2) is 9.89 Å². The van der Waals surface area contributed by atoms with Gasteiger partial charge in [-0.05, 0) is 58.0 Å². The molecule has 194 valence electrons. The quantitative estimate of drug-likeness (QED) is 0.296. The number of tetrazole rings is 1. The highest BCUT2D eigenvalue weighted by atomic mass is 16.1. The number of para-hydroxylation sites is 1. The van der Waals surface area contributed by atoms with Crippen LogP contribution in [-0.2, 0) is 18.4 Å². The third kappa shape index (κ3) is 5.07. The summed E-state index contributed by atoms with van der Waals surface area (Å²) < 4.78 is 3.74. The molecule has 1 N–H and O–H groups in total. The van der Waals surface area contributed by atoms with Crippen LogP contribution < -0.4 is 5.69 Å². The molecule has 0 radical (unpaired) electrons. The van der Waals surface area contributed by atoms with Gasteiger partial charge in [0.2, 0.25) is 0 Å². The Labute approximate surface area is 222 Å². The Bertz CT molecular complexity index is 1570. The van der Waals surface area contributed by atoms with Crippen molar-refractivity contribution in [2.75, 3.05) is 0 Å². The number of nitrogens with zero attached hydrogens (tertiary/aromatic N) is 6. The predicted octanol–water partition coefficient (Wildman–Crippen LogP) is 5.57. The van der Waals surface area contributed by atoms with Crippen LogP contribution in [0.1, 0.15) is 57.4 Å². The maximum atomic E-state index is 13.8. The molecule has 0 bridgehead atoms. The summed E-state index contributed by atoms with van der Waals surface area (Å²) in [6, 6.07) is 20.2.